The number of aryl methyl sites for hydroxylation is 2. The van der Waals surface area contributed by atoms with E-state index in [0.29, 0.717) is 0 Å². The molecule has 2 heterocycles. The predicted octanol–water partition coefficient (Wildman–Crippen LogP) is 11.1. The van der Waals surface area contributed by atoms with Crippen LogP contribution < -0.4 is 0 Å². The van der Waals surface area contributed by atoms with E-state index in [4.69, 9.17) is 0 Å². The zero-order valence-electron chi connectivity index (χ0n) is 22.5. The zero-order chi connectivity index (χ0) is 26.8. The summed E-state index contributed by atoms with van der Waals surface area (Å²) in [5, 5.41) is 5.27. The summed E-state index contributed by atoms with van der Waals surface area (Å²) >= 11 is 1.87. The first-order valence-electron chi connectivity index (χ1n) is 13.8. The fraction of sp³-hybridized carbons (Fsp3) is 0.0526. The second-order valence-corrected chi connectivity index (χ2v) is 11.8. The average molecular weight is 530 g/mol. The first-order valence-corrected chi connectivity index (χ1v) is 14.6. The molecule has 1 nitrogen and oxygen atoms in total. The van der Waals surface area contributed by atoms with Crippen molar-refractivity contribution in [2.45, 2.75) is 13.8 Å². The maximum atomic E-state index is 2.45. The Kier molecular flexibility index (Phi) is 5.20. The van der Waals surface area contributed by atoms with Gasteiger partial charge in [-0.15, -0.1) is 11.3 Å². The fourth-order valence-corrected chi connectivity index (χ4v) is 7.42. The molecule has 0 radical (unpaired) electrons. The van der Waals surface area contributed by atoms with Crippen LogP contribution in [0.4, 0.5) is 0 Å². The molecule has 6 aromatic carbocycles. The average Bonchev–Trinajstić information content (AvgIpc) is 3.51. The van der Waals surface area contributed by atoms with Crippen LogP contribution >= 0.6 is 11.3 Å². The van der Waals surface area contributed by atoms with Crippen LogP contribution in [0.2, 0.25) is 0 Å². The fourth-order valence-electron chi connectivity index (χ4n) is 6.27. The molecular weight excluding hydrogens is 502 g/mol. The van der Waals surface area contributed by atoms with Crippen molar-refractivity contribution in [3.05, 3.63) is 139 Å². The van der Waals surface area contributed by atoms with Gasteiger partial charge in [-0.2, -0.15) is 0 Å². The molecule has 0 bridgehead atoms. The van der Waals surface area contributed by atoms with Crippen LogP contribution in [-0.2, 0) is 0 Å². The first-order chi connectivity index (χ1) is 19.7. The summed E-state index contributed by atoms with van der Waals surface area (Å²) in [6.07, 6.45) is 0. The number of benzene rings is 6. The summed E-state index contributed by atoms with van der Waals surface area (Å²) in [7, 11) is 0. The number of aromatic nitrogens is 1. The van der Waals surface area contributed by atoms with E-state index in [1.54, 1.807) is 0 Å². The molecule has 0 atom stereocenters. The summed E-state index contributed by atoms with van der Waals surface area (Å²) in [5.74, 6) is 0. The lowest BCUT2D eigenvalue weighted by atomic mass is 9.93. The van der Waals surface area contributed by atoms with E-state index in [1.165, 1.54) is 81.0 Å². The molecule has 8 aromatic rings. The molecule has 40 heavy (non-hydrogen) atoms. The third-order valence-corrected chi connectivity index (χ3v) is 9.26. The Morgan fingerprint density at radius 1 is 0.450 bits per heavy atom. The minimum absolute atomic E-state index is 1.20. The van der Waals surface area contributed by atoms with E-state index in [-0.39, 0.29) is 0 Å². The maximum absolute atomic E-state index is 2.45. The van der Waals surface area contributed by atoms with Crippen molar-refractivity contribution in [2.24, 2.45) is 0 Å². The monoisotopic (exact) mass is 529 g/mol. The highest BCUT2D eigenvalue weighted by molar-refractivity contribution is 7.25. The van der Waals surface area contributed by atoms with Gasteiger partial charge in [0.15, 0.2) is 0 Å². The second-order valence-electron chi connectivity index (χ2n) is 10.7. The van der Waals surface area contributed by atoms with Gasteiger partial charge in [-0.3, -0.25) is 0 Å². The minimum Gasteiger partial charge on any atom is -0.309 e. The van der Waals surface area contributed by atoms with Crippen LogP contribution in [0.1, 0.15) is 11.1 Å². The minimum atomic E-state index is 1.20. The summed E-state index contributed by atoms with van der Waals surface area (Å²) in [6, 6.07) is 47.0. The van der Waals surface area contributed by atoms with Crippen molar-refractivity contribution in [3.63, 3.8) is 0 Å². The highest BCUT2D eigenvalue weighted by Gasteiger charge is 2.18. The molecule has 0 saturated carbocycles. The lowest BCUT2D eigenvalue weighted by Crippen LogP contribution is -1.98. The molecule has 0 aliphatic rings. The Morgan fingerprint density at radius 3 is 1.80 bits per heavy atom. The van der Waals surface area contributed by atoms with Crippen LogP contribution in [0.5, 0.6) is 0 Å². The van der Waals surface area contributed by atoms with Crippen LogP contribution in [0.3, 0.4) is 0 Å². The number of nitrogens with zero attached hydrogens (tertiary/aromatic N) is 1. The van der Waals surface area contributed by atoms with E-state index >= 15 is 0 Å². The van der Waals surface area contributed by atoms with Crippen LogP contribution in [0.15, 0.2) is 127 Å². The van der Waals surface area contributed by atoms with Crippen LogP contribution in [-0.4, -0.2) is 4.57 Å². The van der Waals surface area contributed by atoms with Gasteiger partial charge < -0.3 is 4.57 Å². The molecule has 0 N–H and O–H groups in total. The van der Waals surface area contributed by atoms with Crippen molar-refractivity contribution in [2.75, 3.05) is 0 Å². The summed E-state index contributed by atoms with van der Waals surface area (Å²) < 4.78 is 5.12. The van der Waals surface area contributed by atoms with Crippen molar-refractivity contribution in [1.82, 2.24) is 4.57 Å². The Morgan fingerprint density at radius 2 is 1.05 bits per heavy atom. The van der Waals surface area contributed by atoms with E-state index in [9.17, 15) is 0 Å². The lowest BCUT2D eigenvalue weighted by Gasteiger charge is -2.17. The molecule has 2 heteroatoms. The Bertz CT molecular complexity index is 2190. The molecule has 0 aliphatic carbocycles. The van der Waals surface area contributed by atoms with Crippen molar-refractivity contribution in [3.8, 4) is 27.9 Å². The van der Waals surface area contributed by atoms with Crippen LogP contribution in [0, 0.1) is 13.8 Å². The molecule has 8 rings (SSSR count). The maximum Gasteiger partial charge on any atom is 0.0541 e. The van der Waals surface area contributed by atoms with Gasteiger partial charge >= 0.3 is 0 Å². The van der Waals surface area contributed by atoms with Crippen molar-refractivity contribution in [1.29, 1.82) is 0 Å². The standard InChI is InChI=1S/C38H27NS/c1-24-15-19-35-32(21-24)33-22-25(2)16-20-36(33)39(35)34-13-7-5-11-29(34)28-10-4-3-9-27(28)26-17-18-31-30-12-6-8-14-37(30)40-38(31)23-26/h3-23H,1-2H3. The van der Waals surface area contributed by atoms with Crippen LogP contribution in [0.25, 0.3) is 69.9 Å². The number of hydrogen-bond donors (Lipinski definition) is 0. The van der Waals surface area contributed by atoms with Crippen molar-refractivity contribution < 1.29 is 0 Å². The normalized spacial score (nSPS) is 11.8. The second kappa shape index (κ2) is 8.94. The van der Waals surface area contributed by atoms with Gasteiger partial charge in [0.25, 0.3) is 0 Å². The Balaban J connectivity index is 1.38. The summed E-state index contributed by atoms with van der Waals surface area (Å²) in [6.45, 7) is 4.35. The number of rotatable bonds is 3. The quantitative estimate of drug-likeness (QED) is 0.214. The van der Waals surface area contributed by atoms with Gasteiger partial charge in [0.1, 0.15) is 0 Å². The highest BCUT2D eigenvalue weighted by Crippen LogP contribution is 2.42. The van der Waals surface area contributed by atoms with Gasteiger partial charge in [0.2, 0.25) is 0 Å². The molecule has 190 valence electrons. The first kappa shape index (κ1) is 23.2. The molecule has 0 fully saturated rings. The van der Waals surface area contributed by atoms with E-state index < -0.39 is 0 Å². The number of fused-ring (bicyclic) bond motifs is 6. The predicted molar refractivity (Wildman–Crippen MR) is 174 cm³/mol. The van der Waals surface area contributed by atoms with E-state index in [0.717, 1.165) is 0 Å². The topological polar surface area (TPSA) is 4.93 Å². The Labute approximate surface area is 237 Å². The molecule has 0 spiro atoms. The van der Waals surface area contributed by atoms with Gasteiger partial charge in [0, 0.05) is 36.5 Å². The van der Waals surface area contributed by atoms with Gasteiger partial charge in [-0.05, 0) is 73.0 Å². The van der Waals surface area contributed by atoms with E-state index in [1.807, 2.05) is 11.3 Å². The SMILES string of the molecule is Cc1ccc2c(c1)c1cc(C)ccc1n2-c1ccccc1-c1ccccc1-c1ccc2c(c1)sc1ccccc12. The number of thiophene rings is 1. The van der Waals surface area contributed by atoms with E-state index in [2.05, 4.69) is 146 Å². The third kappa shape index (κ3) is 3.53. The van der Waals surface area contributed by atoms with Gasteiger partial charge in [-0.1, -0.05) is 96.1 Å². The molecular formula is C38H27NS. The molecule has 0 aliphatic heterocycles. The number of para-hydroxylation sites is 1. The largest absolute Gasteiger partial charge is 0.309 e. The molecule has 0 amide bonds. The Hall–Kier alpha value is -4.66. The van der Waals surface area contributed by atoms with Gasteiger partial charge in [-0.25, -0.2) is 0 Å². The summed E-state index contributed by atoms with van der Waals surface area (Å²) in [4.78, 5) is 0. The highest BCUT2D eigenvalue weighted by atomic mass is 32.1. The third-order valence-electron chi connectivity index (χ3n) is 8.13. The zero-order valence-corrected chi connectivity index (χ0v) is 23.3. The molecule has 2 aromatic heterocycles. The molecule has 0 unspecified atom stereocenters. The van der Waals surface area contributed by atoms with Gasteiger partial charge in [0.05, 0.1) is 16.7 Å². The lowest BCUT2D eigenvalue weighted by molar-refractivity contribution is 1.18. The smallest absolute Gasteiger partial charge is 0.0541 e. The molecule has 0 saturated heterocycles. The summed E-state index contributed by atoms with van der Waals surface area (Å²) in [5.41, 5.74) is 11.2. The van der Waals surface area contributed by atoms with Crippen molar-refractivity contribution >= 4 is 53.3 Å². The number of hydrogen-bond acceptors (Lipinski definition) is 1.